The van der Waals surface area contributed by atoms with Gasteiger partial charge < -0.3 is 20.4 Å². The van der Waals surface area contributed by atoms with Gasteiger partial charge in [-0.2, -0.15) is 0 Å². The van der Waals surface area contributed by atoms with E-state index in [1.54, 1.807) is 13.1 Å². The molecule has 0 radical (unpaired) electrons. The number of nitrogens with zero attached hydrogens (tertiary/aromatic N) is 2. The smallest absolute Gasteiger partial charge is 0.272 e. The molecule has 0 saturated carbocycles. The molecule has 9 nitrogen and oxygen atoms in total. The molecule has 3 N–H and O–H groups in total. The van der Waals surface area contributed by atoms with Gasteiger partial charge in [-0.3, -0.25) is 14.4 Å². The molecule has 34 heavy (non-hydrogen) atoms. The number of anilines is 1. The highest BCUT2D eigenvalue weighted by molar-refractivity contribution is 7.14. The first-order chi connectivity index (χ1) is 16.5. The maximum absolute atomic E-state index is 12.9. The first-order valence-corrected chi connectivity index (χ1v) is 11.5. The highest BCUT2D eigenvalue weighted by atomic mass is 32.1. The molecular weight excluding hydrogens is 454 g/mol. The van der Waals surface area contributed by atoms with Gasteiger partial charge in [0, 0.05) is 36.1 Å². The standard InChI is InChI=1S/C24H21N5O4S/c1-13(30)20-5-3-17(34-20)9-25-18-10-26-22-21(18)28-12-29-23(22)24(32)27-8-14-2-4-19-15(6-14)7-16(31)11-33-19/h2-6,10,12,25-26H,7-9,11H2,1H3,(H,27,32). The summed E-state index contributed by atoms with van der Waals surface area (Å²) in [4.78, 5) is 49.3. The molecule has 5 rings (SSSR count). The van der Waals surface area contributed by atoms with Crippen molar-refractivity contribution >= 4 is 45.5 Å². The molecule has 1 amide bonds. The van der Waals surface area contributed by atoms with Crippen molar-refractivity contribution < 1.29 is 19.1 Å². The number of amides is 1. The van der Waals surface area contributed by atoms with E-state index in [0.29, 0.717) is 29.7 Å². The van der Waals surface area contributed by atoms with Gasteiger partial charge in [-0.25, -0.2) is 9.97 Å². The van der Waals surface area contributed by atoms with Crippen molar-refractivity contribution in [1.29, 1.82) is 0 Å². The minimum absolute atomic E-state index is 0.0339. The van der Waals surface area contributed by atoms with Crippen LogP contribution in [0.5, 0.6) is 5.75 Å². The molecule has 0 fully saturated rings. The molecule has 0 bridgehead atoms. The zero-order chi connectivity index (χ0) is 23.7. The molecule has 0 spiro atoms. The number of thiophene rings is 1. The quantitative estimate of drug-likeness (QED) is 0.350. The van der Waals surface area contributed by atoms with Crippen molar-refractivity contribution in [2.24, 2.45) is 0 Å². The molecular formula is C24H21N5O4S. The Morgan fingerprint density at radius 1 is 1.18 bits per heavy atom. The molecule has 1 aromatic carbocycles. The number of Topliss-reactive ketones (excluding diaryl/α,β-unsaturated/α-hetero) is 2. The highest BCUT2D eigenvalue weighted by Crippen LogP contribution is 2.26. The average Bonchev–Trinajstić information content (AvgIpc) is 3.48. The summed E-state index contributed by atoms with van der Waals surface area (Å²) < 4.78 is 5.42. The lowest BCUT2D eigenvalue weighted by Gasteiger charge is -2.17. The van der Waals surface area contributed by atoms with Crippen molar-refractivity contribution in [1.82, 2.24) is 20.3 Å². The predicted molar refractivity (Wildman–Crippen MR) is 127 cm³/mol. The number of hydrogen-bond donors (Lipinski definition) is 3. The molecule has 172 valence electrons. The highest BCUT2D eigenvalue weighted by Gasteiger charge is 2.19. The second-order valence-electron chi connectivity index (χ2n) is 7.95. The minimum atomic E-state index is -0.338. The molecule has 4 aromatic rings. The predicted octanol–water partition coefficient (Wildman–Crippen LogP) is 3.27. The number of aromatic amines is 1. The van der Waals surface area contributed by atoms with Crippen molar-refractivity contribution in [3.63, 3.8) is 0 Å². The van der Waals surface area contributed by atoms with Crippen LogP contribution < -0.4 is 15.4 Å². The lowest BCUT2D eigenvalue weighted by molar-refractivity contribution is -0.121. The second kappa shape index (κ2) is 9.06. The van der Waals surface area contributed by atoms with Crippen molar-refractivity contribution in [2.75, 3.05) is 11.9 Å². The van der Waals surface area contributed by atoms with Gasteiger partial charge in [0.15, 0.2) is 17.3 Å². The van der Waals surface area contributed by atoms with Gasteiger partial charge >= 0.3 is 0 Å². The van der Waals surface area contributed by atoms with Crippen LogP contribution in [0.15, 0.2) is 42.9 Å². The lowest BCUT2D eigenvalue weighted by Crippen LogP contribution is -2.25. The number of H-pyrrole nitrogens is 1. The van der Waals surface area contributed by atoms with Crippen LogP contribution in [0.25, 0.3) is 11.0 Å². The molecule has 1 aliphatic rings. The fraction of sp³-hybridized carbons (Fsp3) is 0.208. The van der Waals surface area contributed by atoms with E-state index in [2.05, 4.69) is 25.6 Å². The fourth-order valence-corrected chi connectivity index (χ4v) is 4.64. The topological polar surface area (TPSA) is 126 Å². The minimum Gasteiger partial charge on any atom is -0.486 e. The maximum atomic E-state index is 12.9. The van der Waals surface area contributed by atoms with E-state index < -0.39 is 0 Å². The zero-order valence-electron chi connectivity index (χ0n) is 18.3. The fourth-order valence-electron chi connectivity index (χ4n) is 3.80. The van der Waals surface area contributed by atoms with Crippen molar-refractivity contribution in [3.05, 3.63) is 69.4 Å². The normalized spacial score (nSPS) is 12.8. The lowest BCUT2D eigenvalue weighted by atomic mass is 10.0. The summed E-state index contributed by atoms with van der Waals surface area (Å²) in [5.41, 5.74) is 3.81. The summed E-state index contributed by atoms with van der Waals surface area (Å²) in [5.74, 6) is 0.449. The Hall–Kier alpha value is -4.05. The third-order valence-corrected chi connectivity index (χ3v) is 6.68. The summed E-state index contributed by atoms with van der Waals surface area (Å²) in [5, 5.41) is 6.18. The molecule has 1 aliphatic heterocycles. The number of benzene rings is 1. The van der Waals surface area contributed by atoms with E-state index >= 15 is 0 Å². The second-order valence-corrected chi connectivity index (χ2v) is 9.12. The van der Waals surface area contributed by atoms with E-state index in [0.717, 1.165) is 26.6 Å². The summed E-state index contributed by atoms with van der Waals surface area (Å²) in [6.45, 7) is 2.47. The molecule has 0 atom stereocenters. The number of fused-ring (bicyclic) bond motifs is 2. The zero-order valence-corrected chi connectivity index (χ0v) is 19.1. The van der Waals surface area contributed by atoms with E-state index in [4.69, 9.17) is 4.74 Å². The summed E-state index contributed by atoms with van der Waals surface area (Å²) >= 11 is 1.44. The monoisotopic (exact) mass is 475 g/mol. The number of rotatable bonds is 7. The number of hydrogen-bond acceptors (Lipinski definition) is 8. The third-order valence-electron chi connectivity index (χ3n) is 5.49. The van der Waals surface area contributed by atoms with Crippen LogP contribution >= 0.6 is 11.3 Å². The van der Waals surface area contributed by atoms with Gasteiger partial charge in [-0.15, -0.1) is 11.3 Å². The summed E-state index contributed by atoms with van der Waals surface area (Å²) in [6, 6.07) is 9.30. The Bertz CT molecular complexity index is 1420. The average molecular weight is 476 g/mol. The van der Waals surface area contributed by atoms with Crippen LogP contribution in [0.1, 0.15) is 43.1 Å². The largest absolute Gasteiger partial charge is 0.486 e. The van der Waals surface area contributed by atoms with Gasteiger partial charge in [0.2, 0.25) is 0 Å². The molecule has 4 heterocycles. The summed E-state index contributed by atoms with van der Waals surface area (Å²) in [6.07, 6.45) is 3.44. The molecule has 0 aliphatic carbocycles. The Balaban J connectivity index is 1.28. The molecule has 3 aromatic heterocycles. The Morgan fingerprint density at radius 3 is 2.88 bits per heavy atom. The van der Waals surface area contributed by atoms with Crippen LogP contribution in [0.3, 0.4) is 0 Å². The number of nitrogens with one attached hydrogen (secondary N) is 3. The van der Waals surface area contributed by atoms with Crippen LogP contribution in [0.4, 0.5) is 5.69 Å². The molecule has 0 unspecified atom stereocenters. The maximum Gasteiger partial charge on any atom is 0.272 e. The van der Waals surface area contributed by atoms with E-state index in [1.807, 2.05) is 30.3 Å². The number of carbonyl (C=O) groups excluding carboxylic acids is 3. The first kappa shape index (κ1) is 21.8. The third kappa shape index (κ3) is 4.40. The molecule has 10 heteroatoms. The van der Waals surface area contributed by atoms with Gasteiger partial charge in [-0.1, -0.05) is 6.07 Å². The SMILES string of the molecule is CC(=O)c1ccc(CNc2c[nH]c3c(C(=O)NCc4ccc5c(c4)CC(=O)CO5)ncnc23)s1. The van der Waals surface area contributed by atoms with Gasteiger partial charge in [0.25, 0.3) is 5.91 Å². The number of carbonyl (C=O) groups is 3. The Labute approximate surface area is 198 Å². The Morgan fingerprint density at radius 2 is 2.06 bits per heavy atom. The number of ketones is 2. The Kier molecular flexibility index (Phi) is 5.81. The van der Waals surface area contributed by atoms with Crippen LogP contribution in [0.2, 0.25) is 0 Å². The first-order valence-electron chi connectivity index (χ1n) is 10.7. The van der Waals surface area contributed by atoms with Gasteiger partial charge in [0.1, 0.15) is 24.2 Å². The molecule has 0 saturated heterocycles. The van der Waals surface area contributed by atoms with Gasteiger partial charge in [-0.05, 0) is 36.8 Å². The van der Waals surface area contributed by atoms with E-state index in [1.165, 1.54) is 17.7 Å². The van der Waals surface area contributed by atoms with Crippen LogP contribution in [0, 0.1) is 0 Å². The van der Waals surface area contributed by atoms with Crippen LogP contribution in [-0.2, 0) is 24.3 Å². The van der Waals surface area contributed by atoms with Crippen LogP contribution in [-0.4, -0.2) is 39.0 Å². The van der Waals surface area contributed by atoms with Crippen molar-refractivity contribution in [2.45, 2.75) is 26.4 Å². The number of ether oxygens (including phenoxy) is 1. The van der Waals surface area contributed by atoms with E-state index in [9.17, 15) is 14.4 Å². The summed E-state index contributed by atoms with van der Waals surface area (Å²) in [7, 11) is 0. The van der Waals surface area contributed by atoms with Crippen molar-refractivity contribution in [3.8, 4) is 5.75 Å². The van der Waals surface area contributed by atoms with E-state index in [-0.39, 0.29) is 36.3 Å². The van der Waals surface area contributed by atoms with Gasteiger partial charge in [0.05, 0.1) is 16.1 Å². The number of aromatic nitrogens is 3.